The molecule has 4 rings (SSSR count). The van der Waals surface area contributed by atoms with Crippen molar-refractivity contribution in [1.82, 2.24) is 19.9 Å². The van der Waals surface area contributed by atoms with Crippen LogP contribution in [-0.4, -0.2) is 27.0 Å². The number of carbonyl (C=O) groups is 1. The van der Waals surface area contributed by atoms with Crippen LogP contribution in [0.4, 0.5) is 13.2 Å². The van der Waals surface area contributed by atoms with E-state index in [1.807, 2.05) is 56.3 Å². The molecule has 4 aromatic rings. The molecule has 0 aliphatic rings. The number of nitrogens with one attached hydrogen (secondary N) is 1. The maximum Gasteiger partial charge on any atom is 0.434 e. The average Bonchev–Trinajstić information content (AvgIpc) is 3.09. The van der Waals surface area contributed by atoms with Crippen molar-refractivity contribution in [2.24, 2.45) is 0 Å². The molecule has 0 aliphatic heterocycles. The van der Waals surface area contributed by atoms with Gasteiger partial charge in [0, 0.05) is 18.3 Å². The summed E-state index contributed by atoms with van der Waals surface area (Å²) in [6, 6.07) is 15.1. The molecule has 2 aromatic heterocycles. The Kier molecular flexibility index (Phi) is 5.93. The van der Waals surface area contributed by atoms with E-state index in [1.54, 1.807) is 13.0 Å². The minimum absolute atomic E-state index is 0.0571. The normalized spacial score (nSPS) is 11.7. The van der Waals surface area contributed by atoms with Gasteiger partial charge in [0.2, 0.25) is 0 Å². The van der Waals surface area contributed by atoms with E-state index in [2.05, 4.69) is 15.4 Å². The van der Waals surface area contributed by atoms with Gasteiger partial charge in [-0.25, -0.2) is 9.50 Å². The highest BCUT2D eigenvalue weighted by Gasteiger charge is 2.40. The molecule has 0 radical (unpaired) electrons. The van der Waals surface area contributed by atoms with Gasteiger partial charge in [0.05, 0.1) is 11.3 Å². The Morgan fingerprint density at radius 3 is 2.42 bits per heavy atom. The topological polar surface area (TPSA) is 59.3 Å². The Bertz CT molecular complexity index is 1320. The van der Waals surface area contributed by atoms with Gasteiger partial charge in [0.15, 0.2) is 11.3 Å². The van der Waals surface area contributed by atoms with E-state index in [-0.39, 0.29) is 12.2 Å². The lowest BCUT2D eigenvalue weighted by atomic mass is 10.0. The first-order valence-corrected chi connectivity index (χ1v) is 10.5. The number of alkyl halides is 3. The third-order valence-electron chi connectivity index (χ3n) is 5.46. The molecule has 0 saturated heterocycles. The number of aromatic nitrogens is 3. The fraction of sp³-hybridized carbons (Fsp3) is 0.240. The fourth-order valence-electron chi connectivity index (χ4n) is 3.84. The lowest BCUT2D eigenvalue weighted by Gasteiger charge is -2.14. The van der Waals surface area contributed by atoms with E-state index in [0.29, 0.717) is 17.7 Å². The predicted molar refractivity (Wildman–Crippen MR) is 120 cm³/mol. The maximum atomic E-state index is 14.1. The summed E-state index contributed by atoms with van der Waals surface area (Å²) in [5.41, 5.74) is 3.05. The van der Waals surface area contributed by atoms with Crippen molar-refractivity contribution >= 4 is 11.6 Å². The summed E-state index contributed by atoms with van der Waals surface area (Å²) in [5.74, 6) is -0.839. The number of fused-ring (bicyclic) bond motifs is 1. The second-order valence-electron chi connectivity index (χ2n) is 8.08. The summed E-state index contributed by atoms with van der Waals surface area (Å²) < 4.78 is 43.0. The number of amides is 1. The zero-order valence-corrected chi connectivity index (χ0v) is 18.5. The molecule has 0 bridgehead atoms. The third-order valence-corrected chi connectivity index (χ3v) is 5.46. The van der Waals surface area contributed by atoms with Gasteiger partial charge in [-0.2, -0.15) is 18.3 Å². The smallest absolute Gasteiger partial charge is 0.352 e. The summed E-state index contributed by atoms with van der Waals surface area (Å²) >= 11 is 0. The molecule has 1 N–H and O–H groups in total. The monoisotopic (exact) mass is 452 g/mol. The number of hydrogen-bond donors (Lipinski definition) is 1. The van der Waals surface area contributed by atoms with Crippen molar-refractivity contribution in [2.45, 2.75) is 33.4 Å². The summed E-state index contributed by atoms with van der Waals surface area (Å²) in [6.07, 6.45) is -3.31. The molecule has 2 aromatic carbocycles. The van der Waals surface area contributed by atoms with E-state index in [9.17, 15) is 18.0 Å². The third kappa shape index (κ3) is 4.60. The number of rotatable bonds is 5. The highest BCUT2D eigenvalue weighted by atomic mass is 19.4. The van der Waals surface area contributed by atoms with Gasteiger partial charge in [-0.15, -0.1) is 0 Å². The van der Waals surface area contributed by atoms with Crippen LogP contribution in [0.25, 0.3) is 16.8 Å². The number of aryl methyl sites for hydroxylation is 3. The Balaban J connectivity index is 1.70. The van der Waals surface area contributed by atoms with Crippen LogP contribution in [-0.2, 0) is 12.6 Å². The lowest BCUT2D eigenvalue weighted by Crippen LogP contribution is -2.30. The lowest BCUT2D eigenvalue weighted by molar-refractivity contribution is -0.143. The molecule has 0 saturated carbocycles. The van der Waals surface area contributed by atoms with E-state index >= 15 is 0 Å². The second kappa shape index (κ2) is 8.69. The van der Waals surface area contributed by atoms with Crippen molar-refractivity contribution in [3.05, 3.63) is 88.4 Å². The number of carbonyl (C=O) groups excluding carboxylic acids is 1. The molecular formula is C25H23F3N4O. The van der Waals surface area contributed by atoms with Crippen LogP contribution < -0.4 is 5.32 Å². The van der Waals surface area contributed by atoms with Crippen LogP contribution in [0.1, 0.15) is 38.4 Å². The van der Waals surface area contributed by atoms with Gasteiger partial charge in [-0.3, -0.25) is 4.79 Å². The first-order valence-electron chi connectivity index (χ1n) is 10.5. The van der Waals surface area contributed by atoms with Gasteiger partial charge in [-0.1, -0.05) is 59.7 Å². The highest BCUT2D eigenvalue weighted by molar-refractivity contribution is 5.96. The van der Waals surface area contributed by atoms with E-state index in [0.717, 1.165) is 33.0 Å². The number of hydrogen-bond acceptors (Lipinski definition) is 3. The van der Waals surface area contributed by atoms with Gasteiger partial charge in [0.25, 0.3) is 5.91 Å². The van der Waals surface area contributed by atoms with E-state index < -0.39 is 23.3 Å². The second-order valence-corrected chi connectivity index (χ2v) is 8.08. The number of nitrogens with zero attached hydrogens (tertiary/aromatic N) is 3. The molecular weight excluding hydrogens is 429 g/mol. The van der Waals surface area contributed by atoms with Crippen molar-refractivity contribution in [2.75, 3.05) is 6.54 Å². The summed E-state index contributed by atoms with van der Waals surface area (Å²) in [7, 11) is 0. The van der Waals surface area contributed by atoms with Crippen LogP contribution in [0.3, 0.4) is 0 Å². The highest BCUT2D eigenvalue weighted by Crippen LogP contribution is 2.35. The SMILES string of the molecule is Cc1ccc(CCNC(=O)c2cnc3c(-c4cccc(C)c4)c(C)nn3c2C(F)(F)F)cc1. The molecule has 0 unspecified atom stereocenters. The summed E-state index contributed by atoms with van der Waals surface area (Å²) in [4.78, 5) is 16.9. The molecule has 0 spiro atoms. The van der Waals surface area contributed by atoms with E-state index in [1.165, 1.54) is 0 Å². The predicted octanol–water partition coefficient (Wildman–Crippen LogP) is 5.31. The van der Waals surface area contributed by atoms with E-state index in [4.69, 9.17) is 0 Å². The molecule has 0 fully saturated rings. The Labute approximate surface area is 189 Å². The molecule has 8 heteroatoms. The molecule has 1 amide bonds. The van der Waals surface area contributed by atoms with Gasteiger partial charge < -0.3 is 5.32 Å². The van der Waals surface area contributed by atoms with Crippen LogP contribution in [0.2, 0.25) is 0 Å². The minimum Gasteiger partial charge on any atom is -0.352 e. The molecule has 0 atom stereocenters. The maximum absolute atomic E-state index is 14.1. The Hall–Kier alpha value is -3.68. The molecule has 5 nitrogen and oxygen atoms in total. The average molecular weight is 452 g/mol. The molecule has 33 heavy (non-hydrogen) atoms. The van der Waals surface area contributed by atoms with Crippen molar-refractivity contribution in [1.29, 1.82) is 0 Å². The van der Waals surface area contributed by atoms with Crippen LogP contribution >= 0.6 is 0 Å². The first-order chi connectivity index (χ1) is 15.6. The van der Waals surface area contributed by atoms with Gasteiger partial charge >= 0.3 is 6.18 Å². The fourth-order valence-corrected chi connectivity index (χ4v) is 3.84. The Morgan fingerprint density at radius 1 is 1.03 bits per heavy atom. The van der Waals surface area contributed by atoms with Crippen LogP contribution in [0.5, 0.6) is 0 Å². The summed E-state index contributed by atoms with van der Waals surface area (Å²) in [5, 5.41) is 6.70. The number of halogens is 3. The van der Waals surface area contributed by atoms with Gasteiger partial charge in [-0.05, 0) is 38.3 Å². The van der Waals surface area contributed by atoms with Crippen molar-refractivity contribution in [3.8, 4) is 11.1 Å². The van der Waals surface area contributed by atoms with Crippen molar-refractivity contribution in [3.63, 3.8) is 0 Å². The summed E-state index contributed by atoms with van der Waals surface area (Å²) in [6.45, 7) is 5.70. The van der Waals surface area contributed by atoms with Gasteiger partial charge in [0.1, 0.15) is 0 Å². The zero-order chi connectivity index (χ0) is 23.8. The molecule has 2 heterocycles. The Morgan fingerprint density at radius 2 is 1.76 bits per heavy atom. The number of benzene rings is 2. The van der Waals surface area contributed by atoms with Crippen LogP contribution in [0.15, 0.2) is 54.7 Å². The van der Waals surface area contributed by atoms with Crippen molar-refractivity contribution < 1.29 is 18.0 Å². The molecule has 0 aliphatic carbocycles. The first kappa shape index (κ1) is 22.5. The zero-order valence-electron chi connectivity index (χ0n) is 18.5. The quantitative estimate of drug-likeness (QED) is 0.446. The molecule has 170 valence electrons. The van der Waals surface area contributed by atoms with Crippen LogP contribution in [0, 0.1) is 20.8 Å². The standard InChI is InChI=1S/C25H23F3N4O/c1-15-7-9-18(10-8-15)11-12-29-24(33)20-14-30-23-21(19-6-4-5-16(2)13-19)17(3)31-32(23)22(20)25(26,27)28/h4-10,13-14H,11-12H2,1-3H3,(H,29,33). The largest absolute Gasteiger partial charge is 0.434 e. The minimum atomic E-state index is -4.80.